The number of aromatic nitrogens is 1. The zero-order valence-electron chi connectivity index (χ0n) is 19.6. The monoisotopic (exact) mass is 462 g/mol. The maximum absolute atomic E-state index is 13.8. The van der Waals surface area contributed by atoms with Gasteiger partial charge in [0.15, 0.2) is 5.82 Å². The van der Waals surface area contributed by atoms with Crippen LogP contribution in [0, 0.1) is 5.82 Å². The Morgan fingerprint density at radius 1 is 0.909 bits per heavy atom. The summed E-state index contributed by atoms with van der Waals surface area (Å²) >= 11 is 0. The van der Waals surface area contributed by atoms with Gasteiger partial charge in [-0.1, -0.05) is 0 Å². The van der Waals surface area contributed by atoms with E-state index in [9.17, 15) is 18.8 Å². The van der Waals surface area contributed by atoms with E-state index < -0.39 is 35.2 Å². The molecule has 0 unspecified atom stereocenters. The Balaban J connectivity index is 2.46. The second-order valence-electron chi connectivity index (χ2n) is 8.88. The number of halogens is 1. The normalized spacial score (nSPS) is 11.4. The number of pyridine rings is 1. The molecule has 0 fully saturated rings. The van der Waals surface area contributed by atoms with Crippen molar-refractivity contribution >= 4 is 24.0 Å². The molecule has 0 N–H and O–H groups in total. The summed E-state index contributed by atoms with van der Waals surface area (Å²) in [4.78, 5) is 42.3. The lowest BCUT2D eigenvalue weighted by Gasteiger charge is -2.28. The van der Waals surface area contributed by atoms with E-state index >= 15 is 0 Å². The van der Waals surface area contributed by atoms with E-state index in [0.29, 0.717) is 4.90 Å². The van der Waals surface area contributed by atoms with Crippen molar-refractivity contribution in [2.24, 2.45) is 0 Å². The number of imide groups is 1. The molecule has 0 atom stereocenters. The molecule has 9 nitrogen and oxygen atoms in total. The first kappa shape index (κ1) is 25.6. The van der Waals surface area contributed by atoms with Crippen LogP contribution in [-0.4, -0.2) is 41.5 Å². The molecular formula is C23H27FN2O7. The quantitative estimate of drug-likeness (QED) is 0.435. The molecular weight excluding hydrogens is 435 g/mol. The van der Waals surface area contributed by atoms with Crippen LogP contribution in [0.1, 0.15) is 51.9 Å². The molecule has 0 saturated heterocycles. The minimum absolute atomic E-state index is 0.0200. The molecule has 1 aromatic heterocycles. The summed E-state index contributed by atoms with van der Waals surface area (Å²) in [6.45, 7) is 9.85. The minimum Gasteiger partial charge on any atom is -0.465 e. The Kier molecular flexibility index (Phi) is 7.63. The summed E-state index contributed by atoms with van der Waals surface area (Å²) in [7, 11) is 1.18. The number of carbonyl (C=O) groups excluding carboxylic acids is 3. The number of anilines is 1. The zero-order chi connectivity index (χ0) is 25.0. The molecule has 0 spiro atoms. The molecule has 0 saturated carbocycles. The van der Waals surface area contributed by atoms with E-state index in [4.69, 9.17) is 14.2 Å². The van der Waals surface area contributed by atoms with Crippen LogP contribution in [0.25, 0.3) is 0 Å². The molecule has 2 amide bonds. The topological polar surface area (TPSA) is 104 Å². The molecule has 10 heteroatoms. The van der Waals surface area contributed by atoms with Crippen LogP contribution in [0.2, 0.25) is 0 Å². The standard InChI is InChI=1S/C23H27FN2O7/c1-22(2,3)32-20(28)26(21(29)33-23(4,5)6)18-13-15(10-11-25-18)31-17-12-14(24)8-9-16(17)19(27)30-7/h8-13H,1-7H3. The van der Waals surface area contributed by atoms with Gasteiger partial charge in [-0.05, 0) is 59.7 Å². The van der Waals surface area contributed by atoms with Crippen molar-refractivity contribution in [3.05, 3.63) is 47.9 Å². The number of rotatable bonds is 4. The van der Waals surface area contributed by atoms with Crippen LogP contribution in [0.5, 0.6) is 11.5 Å². The van der Waals surface area contributed by atoms with Gasteiger partial charge in [-0.15, -0.1) is 0 Å². The van der Waals surface area contributed by atoms with Gasteiger partial charge < -0.3 is 18.9 Å². The summed E-state index contributed by atoms with van der Waals surface area (Å²) in [5.74, 6) is -1.60. The third kappa shape index (κ3) is 7.44. The van der Waals surface area contributed by atoms with Crippen LogP contribution in [0.15, 0.2) is 36.5 Å². The second kappa shape index (κ2) is 9.85. The lowest BCUT2D eigenvalue weighted by Crippen LogP contribution is -2.44. The van der Waals surface area contributed by atoms with Gasteiger partial charge in [0.25, 0.3) is 0 Å². The number of carbonyl (C=O) groups is 3. The first-order valence-corrected chi connectivity index (χ1v) is 9.98. The van der Waals surface area contributed by atoms with Crippen molar-refractivity contribution in [1.82, 2.24) is 4.98 Å². The number of hydrogen-bond acceptors (Lipinski definition) is 8. The zero-order valence-corrected chi connectivity index (χ0v) is 19.6. The van der Waals surface area contributed by atoms with Crippen LogP contribution in [0.3, 0.4) is 0 Å². The molecule has 33 heavy (non-hydrogen) atoms. The number of hydrogen-bond donors (Lipinski definition) is 0. The number of methoxy groups -OCH3 is 1. The third-order valence-electron chi connectivity index (χ3n) is 3.67. The van der Waals surface area contributed by atoms with E-state index in [0.717, 1.165) is 12.1 Å². The predicted molar refractivity (Wildman–Crippen MR) is 117 cm³/mol. The molecule has 178 valence electrons. The Hall–Kier alpha value is -3.69. The molecule has 0 bridgehead atoms. The summed E-state index contributed by atoms with van der Waals surface area (Å²) < 4.78 is 34.8. The van der Waals surface area contributed by atoms with Gasteiger partial charge in [-0.3, -0.25) is 0 Å². The third-order valence-corrected chi connectivity index (χ3v) is 3.67. The number of esters is 1. The fraction of sp³-hybridized carbons (Fsp3) is 0.391. The van der Waals surface area contributed by atoms with Crippen molar-refractivity contribution < 1.29 is 37.7 Å². The Labute approximate surface area is 191 Å². The summed E-state index contributed by atoms with van der Waals surface area (Å²) in [5, 5.41) is 0. The number of nitrogens with zero attached hydrogens (tertiary/aromatic N) is 2. The molecule has 0 aliphatic rings. The highest BCUT2D eigenvalue weighted by Gasteiger charge is 2.33. The van der Waals surface area contributed by atoms with Crippen molar-refractivity contribution in [1.29, 1.82) is 0 Å². The van der Waals surface area contributed by atoms with Crippen LogP contribution in [0.4, 0.5) is 19.8 Å². The Morgan fingerprint density at radius 2 is 1.48 bits per heavy atom. The summed E-state index contributed by atoms with van der Waals surface area (Å²) in [5.41, 5.74) is -1.82. The molecule has 1 heterocycles. The lowest BCUT2D eigenvalue weighted by atomic mass is 10.2. The molecule has 0 aliphatic heterocycles. The van der Waals surface area contributed by atoms with Gasteiger partial charge in [0, 0.05) is 18.3 Å². The smallest absolute Gasteiger partial charge is 0.425 e. The van der Waals surface area contributed by atoms with Gasteiger partial charge >= 0.3 is 18.2 Å². The lowest BCUT2D eigenvalue weighted by molar-refractivity contribution is 0.0428. The molecule has 2 rings (SSSR count). The van der Waals surface area contributed by atoms with E-state index in [2.05, 4.69) is 9.72 Å². The highest BCUT2D eigenvalue weighted by molar-refractivity contribution is 6.08. The Morgan fingerprint density at radius 3 is 2.00 bits per heavy atom. The van der Waals surface area contributed by atoms with Crippen LogP contribution < -0.4 is 9.64 Å². The van der Waals surface area contributed by atoms with Gasteiger partial charge in [-0.25, -0.2) is 23.8 Å². The van der Waals surface area contributed by atoms with Crippen molar-refractivity contribution in [2.45, 2.75) is 52.7 Å². The van der Waals surface area contributed by atoms with Crippen molar-refractivity contribution in [3.63, 3.8) is 0 Å². The first-order valence-electron chi connectivity index (χ1n) is 9.98. The Bertz CT molecular complexity index is 1010. The molecule has 1 aromatic carbocycles. The molecule has 0 radical (unpaired) electrons. The van der Waals surface area contributed by atoms with Crippen molar-refractivity contribution in [3.8, 4) is 11.5 Å². The van der Waals surface area contributed by atoms with E-state index in [1.54, 1.807) is 41.5 Å². The van der Waals surface area contributed by atoms with E-state index in [1.165, 1.54) is 31.5 Å². The SMILES string of the molecule is COC(=O)c1ccc(F)cc1Oc1ccnc(N(C(=O)OC(C)(C)C)C(=O)OC(C)(C)C)c1. The van der Waals surface area contributed by atoms with Gasteiger partial charge in [-0.2, -0.15) is 4.90 Å². The molecule has 2 aromatic rings. The largest absolute Gasteiger partial charge is 0.465 e. The van der Waals surface area contributed by atoms with Crippen LogP contribution in [-0.2, 0) is 14.2 Å². The van der Waals surface area contributed by atoms with Gasteiger partial charge in [0.2, 0.25) is 0 Å². The molecule has 0 aliphatic carbocycles. The maximum atomic E-state index is 13.8. The fourth-order valence-electron chi connectivity index (χ4n) is 2.45. The van der Waals surface area contributed by atoms with Crippen LogP contribution >= 0.6 is 0 Å². The predicted octanol–water partition coefficient (Wildman–Crippen LogP) is 5.48. The maximum Gasteiger partial charge on any atom is 0.425 e. The number of amides is 2. The summed E-state index contributed by atoms with van der Waals surface area (Å²) in [6.07, 6.45) is -0.756. The van der Waals surface area contributed by atoms with Gasteiger partial charge in [0.05, 0.1) is 7.11 Å². The van der Waals surface area contributed by atoms with E-state index in [1.807, 2.05) is 0 Å². The van der Waals surface area contributed by atoms with E-state index in [-0.39, 0.29) is 22.9 Å². The second-order valence-corrected chi connectivity index (χ2v) is 8.88. The number of benzene rings is 1. The average molecular weight is 462 g/mol. The highest BCUT2D eigenvalue weighted by Crippen LogP contribution is 2.30. The highest BCUT2D eigenvalue weighted by atomic mass is 19.1. The average Bonchev–Trinajstić information content (AvgIpc) is 2.65. The first-order chi connectivity index (χ1) is 15.2. The summed E-state index contributed by atoms with van der Waals surface area (Å²) in [6, 6.07) is 5.96. The van der Waals surface area contributed by atoms with Crippen molar-refractivity contribution in [2.75, 3.05) is 12.0 Å². The minimum atomic E-state index is -1.01. The van der Waals surface area contributed by atoms with Gasteiger partial charge in [0.1, 0.15) is 34.1 Å². The number of ether oxygens (including phenoxy) is 4. The fourth-order valence-corrected chi connectivity index (χ4v) is 2.45.